The molecule has 22 heavy (non-hydrogen) atoms. The minimum Gasteiger partial charge on any atom is -0.0622 e. The standard InChI is InChI=1S/C21H19Br/c1-16-12-13-21(22)20(15-18-10-6-3-7-11-18)19(16)14-17-8-4-2-5-9-17/h2-13H,14-15H2,1H3. The van der Waals surface area contributed by atoms with Crippen LogP contribution < -0.4 is 0 Å². The molecule has 0 aliphatic rings. The first-order valence-corrected chi connectivity index (χ1v) is 8.38. The normalized spacial score (nSPS) is 10.6. The molecule has 0 N–H and O–H groups in total. The Bertz CT molecular complexity index is 679. The van der Waals surface area contributed by atoms with Crippen molar-refractivity contribution < 1.29 is 0 Å². The first kappa shape index (κ1) is 15.1. The second-order valence-corrected chi connectivity index (χ2v) is 6.50. The molecule has 1 heteroatoms. The van der Waals surface area contributed by atoms with Crippen LogP contribution in [0.2, 0.25) is 0 Å². The number of benzene rings is 3. The van der Waals surface area contributed by atoms with E-state index in [4.69, 9.17) is 0 Å². The fraction of sp³-hybridized carbons (Fsp3) is 0.143. The van der Waals surface area contributed by atoms with E-state index in [-0.39, 0.29) is 0 Å². The number of hydrogen-bond acceptors (Lipinski definition) is 0. The van der Waals surface area contributed by atoms with Crippen molar-refractivity contribution >= 4 is 15.9 Å². The molecule has 0 aliphatic carbocycles. The number of hydrogen-bond donors (Lipinski definition) is 0. The second-order valence-electron chi connectivity index (χ2n) is 5.65. The van der Waals surface area contributed by atoms with Gasteiger partial charge in [-0.15, -0.1) is 0 Å². The van der Waals surface area contributed by atoms with E-state index in [9.17, 15) is 0 Å². The van der Waals surface area contributed by atoms with E-state index in [0.29, 0.717) is 0 Å². The number of rotatable bonds is 4. The monoisotopic (exact) mass is 350 g/mol. The fourth-order valence-electron chi connectivity index (χ4n) is 2.82. The molecule has 0 bridgehead atoms. The summed E-state index contributed by atoms with van der Waals surface area (Å²) in [6, 6.07) is 25.7. The minimum atomic E-state index is 0.964. The minimum absolute atomic E-state index is 0.964. The van der Waals surface area contributed by atoms with Crippen LogP contribution in [0.3, 0.4) is 0 Å². The van der Waals surface area contributed by atoms with Gasteiger partial charge in [-0.05, 0) is 53.6 Å². The van der Waals surface area contributed by atoms with Crippen molar-refractivity contribution in [2.75, 3.05) is 0 Å². The van der Waals surface area contributed by atoms with Gasteiger partial charge >= 0.3 is 0 Å². The van der Waals surface area contributed by atoms with E-state index in [0.717, 1.165) is 12.8 Å². The molecule has 0 spiro atoms. The molecule has 0 aliphatic heterocycles. The Morgan fingerprint density at radius 3 is 1.68 bits per heavy atom. The van der Waals surface area contributed by atoms with Gasteiger partial charge in [-0.3, -0.25) is 0 Å². The van der Waals surface area contributed by atoms with E-state index in [1.54, 1.807) is 0 Å². The zero-order valence-corrected chi connectivity index (χ0v) is 14.3. The van der Waals surface area contributed by atoms with Crippen molar-refractivity contribution in [3.05, 3.63) is 105 Å². The van der Waals surface area contributed by atoms with Crippen LogP contribution in [0.4, 0.5) is 0 Å². The highest BCUT2D eigenvalue weighted by atomic mass is 79.9. The van der Waals surface area contributed by atoms with Gasteiger partial charge in [0.15, 0.2) is 0 Å². The zero-order chi connectivity index (χ0) is 15.4. The summed E-state index contributed by atoms with van der Waals surface area (Å²) >= 11 is 3.75. The van der Waals surface area contributed by atoms with E-state index in [1.807, 2.05) is 0 Å². The molecule has 0 heterocycles. The molecular weight excluding hydrogens is 332 g/mol. The van der Waals surface area contributed by atoms with Crippen molar-refractivity contribution in [1.29, 1.82) is 0 Å². The van der Waals surface area contributed by atoms with Gasteiger partial charge in [0.1, 0.15) is 0 Å². The quantitative estimate of drug-likeness (QED) is 0.546. The van der Waals surface area contributed by atoms with Crippen molar-refractivity contribution in [2.24, 2.45) is 0 Å². The molecule has 3 aromatic rings. The van der Waals surface area contributed by atoms with Gasteiger partial charge in [0, 0.05) is 4.47 Å². The Labute approximate surface area is 141 Å². The molecule has 0 atom stereocenters. The largest absolute Gasteiger partial charge is 0.0622 e. The summed E-state index contributed by atoms with van der Waals surface area (Å²) in [5.41, 5.74) is 6.90. The topological polar surface area (TPSA) is 0 Å². The molecule has 3 rings (SSSR count). The van der Waals surface area contributed by atoms with Crippen LogP contribution in [0.5, 0.6) is 0 Å². The highest BCUT2D eigenvalue weighted by Gasteiger charge is 2.11. The summed E-state index contributed by atoms with van der Waals surface area (Å²) in [6.45, 7) is 2.21. The van der Waals surface area contributed by atoms with Gasteiger partial charge in [-0.25, -0.2) is 0 Å². The van der Waals surface area contributed by atoms with Crippen LogP contribution >= 0.6 is 15.9 Å². The Balaban J connectivity index is 1.99. The average Bonchev–Trinajstić information content (AvgIpc) is 2.56. The Kier molecular flexibility index (Phi) is 4.74. The molecule has 0 aromatic heterocycles. The Morgan fingerprint density at radius 2 is 1.14 bits per heavy atom. The van der Waals surface area contributed by atoms with Gasteiger partial charge in [0.2, 0.25) is 0 Å². The summed E-state index contributed by atoms with van der Waals surface area (Å²) < 4.78 is 1.20. The highest BCUT2D eigenvalue weighted by molar-refractivity contribution is 9.10. The third-order valence-electron chi connectivity index (χ3n) is 4.06. The van der Waals surface area contributed by atoms with E-state index >= 15 is 0 Å². The first-order valence-electron chi connectivity index (χ1n) is 7.59. The number of halogens is 1. The molecule has 0 unspecified atom stereocenters. The smallest absolute Gasteiger partial charge is 0.0213 e. The molecule has 0 nitrogen and oxygen atoms in total. The maximum atomic E-state index is 3.75. The predicted molar refractivity (Wildman–Crippen MR) is 97.4 cm³/mol. The van der Waals surface area contributed by atoms with Crippen LogP contribution in [0.25, 0.3) is 0 Å². The lowest BCUT2D eigenvalue weighted by molar-refractivity contribution is 1.06. The first-order chi connectivity index (χ1) is 10.7. The molecule has 0 fully saturated rings. The predicted octanol–water partition coefficient (Wildman–Crippen LogP) is 5.94. The van der Waals surface area contributed by atoms with Crippen LogP contribution in [-0.2, 0) is 12.8 Å². The second kappa shape index (κ2) is 6.93. The molecule has 0 saturated carbocycles. The summed E-state index contributed by atoms with van der Waals surface area (Å²) in [6.07, 6.45) is 1.94. The third kappa shape index (κ3) is 3.48. The van der Waals surface area contributed by atoms with Crippen molar-refractivity contribution in [3.63, 3.8) is 0 Å². The molecule has 0 amide bonds. The fourth-order valence-corrected chi connectivity index (χ4v) is 3.33. The van der Waals surface area contributed by atoms with Crippen LogP contribution in [0, 0.1) is 6.92 Å². The van der Waals surface area contributed by atoms with Crippen LogP contribution in [-0.4, -0.2) is 0 Å². The summed E-state index contributed by atoms with van der Waals surface area (Å²) in [5, 5.41) is 0. The molecular formula is C21H19Br. The molecule has 110 valence electrons. The Hall–Kier alpha value is -1.86. The average molecular weight is 351 g/mol. The van der Waals surface area contributed by atoms with Gasteiger partial charge in [-0.1, -0.05) is 82.7 Å². The van der Waals surface area contributed by atoms with E-state index in [1.165, 1.54) is 32.3 Å². The van der Waals surface area contributed by atoms with Gasteiger partial charge in [-0.2, -0.15) is 0 Å². The number of aryl methyl sites for hydroxylation is 1. The van der Waals surface area contributed by atoms with E-state index < -0.39 is 0 Å². The van der Waals surface area contributed by atoms with Crippen molar-refractivity contribution in [2.45, 2.75) is 19.8 Å². The maximum absolute atomic E-state index is 3.75. The summed E-state index contributed by atoms with van der Waals surface area (Å²) in [7, 11) is 0. The third-order valence-corrected chi connectivity index (χ3v) is 4.80. The van der Waals surface area contributed by atoms with E-state index in [2.05, 4.69) is 95.7 Å². The van der Waals surface area contributed by atoms with Crippen LogP contribution in [0.15, 0.2) is 77.3 Å². The molecule has 0 radical (unpaired) electrons. The maximum Gasteiger partial charge on any atom is 0.0213 e. The zero-order valence-electron chi connectivity index (χ0n) is 12.7. The SMILES string of the molecule is Cc1ccc(Br)c(Cc2ccccc2)c1Cc1ccccc1. The molecule has 0 saturated heterocycles. The molecule has 3 aromatic carbocycles. The summed E-state index contributed by atoms with van der Waals surface area (Å²) in [4.78, 5) is 0. The van der Waals surface area contributed by atoms with Gasteiger partial charge < -0.3 is 0 Å². The van der Waals surface area contributed by atoms with Gasteiger partial charge in [0.05, 0.1) is 0 Å². The lowest BCUT2D eigenvalue weighted by Gasteiger charge is -2.15. The Morgan fingerprint density at radius 1 is 0.636 bits per heavy atom. The lowest BCUT2D eigenvalue weighted by atomic mass is 9.92. The van der Waals surface area contributed by atoms with Crippen LogP contribution in [0.1, 0.15) is 27.8 Å². The lowest BCUT2D eigenvalue weighted by Crippen LogP contribution is -2.01. The van der Waals surface area contributed by atoms with Crippen molar-refractivity contribution in [1.82, 2.24) is 0 Å². The van der Waals surface area contributed by atoms with Gasteiger partial charge in [0.25, 0.3) is 0 Å². The highest BCUT2D eigenvalue weighted by Crippen LogP contribution is 2.28. The summed E-state index contributed by atoms with van der Waals surface area (Å²) in [5.74, 6) is 0. The van der Waals surface area contributed by atoms with Crippen molar-refractivity contribution in [3.8, 4) is 0 Å².